The molecular formula is C21H29N3O3. The second-order valence-electron chi connectivity index (χ2n) is 6.73. The van der Waals surface area contributed by atoms with E-state index in [0.717, 1.165) is 24.3 Å². The summed E-state index contributed by atoms with van der Waals surface area (Å²) in [6.07, 6.45) is 3.42. The van der Waals surface area contributed by atoms with Crippen molar-refractivity contribution in [2.75, 3.05) is 32.6 Å². The Labute approximate surface area is 161 Å². The van der Waals surface area contributed by atoms with Gasteiger partial charge in [0, 0.05) is 24.8 Å². The number of carbonyl (C=O) groups is 1. The molecule has 0 spiro atoms. The van der Waals surface area contributed by atoms with Crippen LogP contribution in [0.1, 0.15) is 36.2 Å². The molecule has 0 bridgehead atoms. The number of anilines is 1. The third-order valence-electron chi connectivity index (χ3n) is 4.20. The number of rotatable bonds is 10. The number of ether oxygens (including phenoxy) is 2. The van der Waals surface area contributed by atoms with Gasteiger partial charge in [-0.1, -0.05) is 19.9 Å². The topological polar surface area (TPSA) is 72.5 Å². The van der Waals surface area contributed by atoms with Gasteiger partial charge in [0.2, 0.25) is 0 Å². The summed E-state index contributed by atoms with van der Waals surface area (Å²) in [6.45, 7) is 5.73. The molecule has 2 N–H and O–H groups in total. The zero-order valence-corrected chi connectivity index (χ0v) is 16.5. The van der Waals surface area contributed by atoms with Gasteiger partial charge in [-0.05, 0) is 48.6 Å². The van der Waals surface area contributed by atoms with Crippen LogP contribution >= 0.6 is 0 Å². The number of aromatic nitrogens is 1. The highest BCUT2D eigenvalue weighted by atomic mass is 16.5. The summed E-state index contributed by atoms with van der Waals surface area (Å²) in [7, 11) is 3.22. The Morgan fingerprint density at radius 3 is 2.56 bits per heavy atom. The lowest BCUT2D eigenvalue weighted by Crippen LogP contribution is -2.25. The Hall–Kier alpha value is -2.76. The first-order valence-electron chi connectivity index (χ1n) is 9.22. The molecule has 146 valence electrons. The van der Waals surface area contributed by atoms with Gasteiger partial charge in [-0.15, -0.1) is 0 Å². The molecule has 0 unspecified atom stereocenters. The molecule has 2 rings (SSSR count). The first-order valence-corrected chi connectivity index (χ1v) is 9.22. The highest BCUT2D eigenvalue weighted by Crippen LogP contribution is 2.27. The lowest BCUT2D eigenvalue weighted by molar-refractivity contribution is 0.0954. The molecule has 0 saturated heterocycles. The number of pyridine rings is 1. The third-order valence-corrected chi connectivity index (χ3v) is 4.20. The zero-order chi connectivity index (χ0) is 19.6. The van der Waals surface area contributed by atoms with Gasteiger partial charge < -0.3 is 20.1 Å². The number of benzene rings is 1. The second-order valence-corrected chi connectivity index (χ2v) is 6.73. The van der Waals surface area contributed by atoms with E-state index in [1.807, 2.05) is 18.2 Å². The summed E-state index contributed by atoms with van der Waals surface area (Å²) in [6, 6.07) is 9.27. The van der Waals surface area contributed by atoms with Crippen LogP contribution in [0, 0.1) is 5.92 Å². The summed E-state index contributed by atoms with van der Waals surface area (Å²) in [5.74, 6) is 2.63. The van der Waals surface area contributed by atoms with Crippen molar-refractivity contribution >= 4 is 11.7 Å². The third kappa shape index (κ3) is 6.47. The Bertz CT molecular complexity index is 747. The van der Waals surface area contributed by atoms with E-state index in [4.69, 9.17) is 9.47 Å². The van der Waals surface area contributed by atoms with Crippen LogP contribution in [0.3, 0.4) is 0 Å². The van der Waals surface area contributed by atoms with E-state index in [-0.39, 0.29) is 5.91 Å². The predicted octanol–water partition coefficient (Wildman–Crippen LogP) is 3.53. The molecule has 0 aliphatic rings. The van der Waals surface area contributed by atoms with Gasteiger partial charge in [0.1, 0.15) is 5.82 Å². The van der Waals surface area contributed by atoms with Crippen molar-refractivity contribution in [3.05, 3.63) is 47.7 Å². The lowest BCUT2D eigenvalue weighted by atomic mass is 10.1. The fourth-order valence-corrected chi connectivity index (χ4v) is 2.62. The van der Waals surface area contributed by atoms with Crippen LogP contribution in [0.25, 0.3) is 0 Å². The van der Waals surface area contributed by atoms with E-state index in [1.165, 1.54) is 0 Å². The Morgan fingerprint density at radius 2 is 1.85 bits per heavy atom. The van der Waals surface area contributed by atoms with E-state index >= 15 is 0 Å². The highest BCUT2D eigenvalue weighted by Gasteiger charge is 2.08. The number of hydrogen-bond acceptors (Lipinski definition) is 5. The quantitative estimate of drug-likeness (QED) is 0.668. The molecule has 1 aromatic carbocycles. The standard InChI is InChI=1S/C21H29N3O3/c1-15(2)7-10-22-20-14-17(9-12-23-20)21(25)24-11-8-16-5-6-18(26-3)19(13-16)27-4/h5-6,9,12-15H,7-8,10-11H2,1-4H3,(H,22,23)(H,24,25). The SMILES string of the molecule is COc1ccc(CCNC(=O)c2ccnc(NCCC(C)C)c2)cc1OC. The fraction of sp³-hybridized carbons (Fsp3) is 0.429. The first kappa shape index (κ1) is 20.6. The molecule has 0 atom stereocenters. The van der Waals surface area contributed by atoms with Crippen molar-refractivity contribution in [3.63, 3.8) is 0 Å². The van der Waals surface area contributed by atoms with Crippen molar-refractivity contribution in [1.29, 1.82) is 0 Å². The molecule has 6 heteroatoms. The van der Waals surface area contributed by atoms with Crippen LogP contribution in [0.5, 0.6) is 11.5 Å². The highest BCUT2D eigenvalue weighted by molar-refractivity contribution is 5.94. The summed E-state index contributed by atoms with van der Waals surface area (Å²) in [4.78, 5) is 16.6. The summed E-state index contributed by atoms with van der Waals surface area (Å²) in [5.41, 5.74) is 1.67. The maximum absolute atomic E-state index is 12.4. The van der Waals surface area contributed by atoms with Crippen LogP contribution < -0.4 is 20.1 Å². The summed E-state index contributed by atoms with van der Waals surface area (Å²) >= 11 is 0. The molecule has 0 aliphatic heterocycles. The van der Waals surface area contributed by atoms with Gasteiger partial charge in [0.15, 0.2) is 11.5 Å². The largest absolute Gasteiger partial charge is 0.493 e. The molecule has 2 aromatic rings. The molecule has 0 radical (unpaired) electrons. The minimum Gasteiger partial charge on any atom is -0.493 e. The van der Waals surface area contributed by atoms with E-state index in [0.29, 0.717) is 35.9 Å². The van der Waals surface area contributed by atoms with Crippen molar-refractivity contribution in [2.24, 2.45) is 5.92 Å². The average Bonchev–Trinajstić information content (AvgIpc) is 2.67. The average molecular weight is 371 g/mol. The zero-order valence-electron chi connectivity index (χ0n) is 16.5. The van der Waals surface area contributed by atoms with Crippen LogP contribution in [-0.4, -0.2) is 38.2 Å². The van der Waals surface area contributed by atoms with Crippen molar-refractivity contribution in [1.82, 2.24) is 10.3 Å². The van der Waals surface area contributed by atoms with Gasteiger partial charge in [0.25, 0.3) is 5.91 Å². The van der Waals surface area contributed by atoms with E-state index in [1.54, 1.807) is 32.5 Å². The van der Waals surface area contributed by atoms with Gasteiger partial charge in [0.05, 0.1) is 14.2 Å². The number of carbonyl (C=O) groups excluding carboxylic acids is 1. The summed E-state index contributed by atoms with van der Waals surface area (Å²) in [5, 5.41) is 6.21. The number of methoxy groups -OCH3 is 2. The molecule has 0 aliphatic carbocycles. The monoisotopic (exact) mass is 371 g/mol. The number of nitrogens with one attached hydrogen (secondary N) is 2. The molecule has 0 fully saturated rings. The van der Waals surface area contributed by atoms with Gasteiger partial charge >= 0.3 is 0 Å². The van der Waals surface area contributed by atoms with Crippen molar-refractivity contribution in [2.45, 2.75) is 26.7 Å². The minimum absolute atomic E-state index is 0.107. The summed E-state index contributed by atoms with van der Waals surface area (Å²) < 4.78 is 10.5. The first-order chi connectivity index (χ1) is 13.0. The molecule has 0 saturated carbocycles. The van der Waals surface area contributed by atoms with Crippen LogP contribution in [-0.2, 0) is 6.42 Å². The maximum atomic E-state index is 12.4. The Morgan fingerprint density at radius 1 is 1.07 bits per heavy atom. The smallest absolute Gasteiger partial charge is 0.251 e. The number of hydrogen-bond donors (Lipinski definition) is 2. The maximum Gasteiger partial charge on any atom is 0.251 e. The number of nitrogens with zero attached hydrogens (tertiary/aromatic N) is 1. The Kier molecular flexibility index (Phi) is 7.92. The van der Waals surface area contributed by atoms with E-state index in [9.17, 15) is 4.79 Å². The van der Waals surface area contributed by atoms with Crippen LogP contribution in [0.15, 0.2) is 36.5 Å². The minimum atomic E-state index is -0.107. The normalized spacial score (nSPS) is 10.6. The molecule has 6 nitrogen and oxygen atoms in total. The van der Waals surface area contributed by atoms with Gasteiger partial charge in [-0.3, -0.25) is 4.79 Å². The van der Waals surface area contributed by atoms with E-state index in [2.05, 4.69) is 29.5 Å². The molecular weight excluding hydrogens is 342 g/mol. The van der Waals surface area contributed by atoms with Gasteiger partial charge in [-0.2, -0.15) is 0 Å². The van der Waals surface area contributed by atoms with E-state index < -0.39 is 0 Å². The van der Waals surface area contributed by atoms with Crippen LogP contribution in [0.2, 0.25) is 0 Å². The predicted molar refractivity (Wildman–Crippen MR) is 108 cm³/mol. The van der Waals surface area contributed by atoms with Crippen molar-refractivity contribution in [3.8, 4) is 11.5 Å². The molecule has 1 amide bonds. The molecule has 1 aromatic heterocycles. The Balaban J connectivity index is 1.87. The fourth-order valence-electron chi connectivity index (χ4n) is 2.62. The van der Waals surface area contributed by atoms with Crippen LogP contribution in [0.4, 0.5) is 5.82 Å². The van der Waals surface area contributed by atoms with Gasteiger partial charge in [-0.25, -0.2) is 4.98 Å². The number of amides is 1. The molecule has 27 heavy (non-hydrogen) atoms. The van der Waals surface area contributed by atoms with Crippen molar-refractivity contribution < 1.29 is 14.3 Å². The second kappa shape index (κ2) is 10.4. The molecule has 1 heterocycles. The lowest BCUT2D eigenvalue weighted by Gasteiger charge is -2.11.